The molecular weight excluding hydrogens is 641 g/mol. The standard InChI is InChI=1S/C44H50N8/c1-49-23-19-41(27-11-5-7-17-33(27)45-37(41)49)29-13-9-15-31-35(29)47-39-44-22-26-52(4)40(43(31,44)21-25-51(39)3)48-36-30(14-10-16-32(36)44)42-20-24-50(2)38(42)46-34-18-8-6-12-28(34)42/h5-18,37-40,45-48H,19-26H2,1-4H3/t37-,38-,39-,40-,41-,42-,43-,44+/m1/s1. The third-order valence-corrected chi connectivity index (χ3v) is 15.9. The van der Waals surface area contributed by atoms with Gasteiger partial charge in [0.25, 0.3) is 0 Å². The van der Waals surface area contributed by atoms with Gasteiger partial charge in [0.05, 0.1) is 35.5 Å². The Hall–Kier alpha value is -4.08. The van der Waals surface area contributed by atoms with Gasteiger partial charge >= 0.3 is 0 Å². The molecule has 0 spiro atoms. The second-order valence-electron chi connectivity index (χ2n) is 17.5. The van der Waals surface area contributed by atoms with Crippen molar-refractivity contribution in [3.8, 4) is 0 Å². The lowest BCUT2D eigenvalue weighted by atomic mass is 9.44. The van der Waals surface area contributed by atoms with Crippen LogP contribution in [0.3, 0.4) is 0 Å². The molecule has 266 valence electrons. The highest BCUT2D eigenvalue weighted by atomic mass is 15.4. The maximum atomic E-state index is 4.44. The topological polar surface area (TPSA) is 61.1 Å². The van der Waals surface area contributed by atoms with Crippen molar-refractivity contribution in [3.05, 3.63) is 118 Å². The van der Waals surface area contributed by atoms with Gasteiger partial charge in [-0.05, 0) is 99.4 Å². The van der Waals surface area contributed by atoms with Gasteiger partial charge in [-0.1, -0.05) is 72.8 Å². The van der Waals surface area contributed by atoms with Gasteiger partial charge in [-0.25, -0.2) is 0 Å². The molecule has 8 atom stereocenters. The summed E-state index contributed by atoms with van der Waals surface area (Å²) in [6.07, 6.45) is 5.28. The van der Waals surface area contributed by atoms with Crippen LogP contribution in [-0.2, 0) is 21.7 Å². The van der Waals surface area contributed by atoms with E-state index in [0.717, 1.165) is 51.9 Å². The van der Waals surface area contributed by atoms with E-state index in [4.69, 9.17) is 0 Å². The highest BCUT2D eigenvalue weighted by Crippen LogP contribution is 2.69. The molecule has 8 heteroatoms. The van der Waals surface area contributed by atoms with E-state index in [1.807, 2.05) is 0 Å². The van der Waals surface area contributed by atoms with Crippen molar-refractivity contribution in [2.24, 2.45) is 0 Å². The predicted octanol–water partition coefficient (Wildman–Crippen LogP) is 5.78. The van der Waals surface area contributed by atoms with Crippen molar-refractivity contribution in [1.29, 1.82) is 0 Å². The second-order valence-corrected chi connectivity index (χ2v) is 17.5. The maximum Gasteiger partial charge on any atom is 0.0933 e. The fraction of sp³-hybridized carbons (Fsp3) is 0.455. The van der Waals surface area contributed by atoms with E-state index >= 15 is 0 Å². The van der Waals surface area contributed by atoms with Gasteiger partial charge in [-0.2, -0.15) is 0 Å². The fourth-order valence-corrected chi connectivity index (χ4v) is 13.8. The number of fused-ring (bicyclic) bond motifs is 8. The Balaban J connectivity index is 1.12. The first-order chi connectivity index (χ1) is 25.4. The van der Waals surface area contributed by atoms with Crippen molar-refractivity contribution >= 4 is 22.7 Å². The van der Waals surface area contributed by atoms with Crippen LogP contribution in [0.4, 0.5) is 22.7 Å². The van der Waals surface area contributed by atoms with Gasteiger partial charge in [0.1, 0.15) is 0 Å². The average Bonchev–Trinajstić information content (AvgIpc) is 3.89. The zero-order chi connectivity index (χ0) is 34.8. The third-order valence-electron chi connectivity index (χ3n) is 15.9. The maximum absolute atomic E-state index is 4.44. The minimum atomic E-state index is -0.114. The first-order valence-corrected chi connectivity index (χ1v) is 19.7. The summed E-state index contributed by atoms with van der Waals surface area (Å²) in [5.41, 5.74) is 13.8. The number of rotatable bonds is 2. The van der Waals surface area contributed by atoms with E-state index in [9.17, 15) is 0 Å². The van der Waals surface area contributed by atoms with Gasteiger partial charge in [0.2, 0.25) is 0 Å². The molecule has 4 saturated heterocycles. The molecular formula is C44H50N8. The minimum absolute atomic E-state index is 0.100. The molecule has 0 unspecified atom stereocenters. The summed E-state index contributed by atoms with van der Waals surface area (Å²) < 4.78 is 0. The summed E-state index contributed by atoms with van der Waals surface area (Å²) in [6, 6.07) is 33.0. The van der Waals surface area contributed by atoms with Crippen LogP contribution >= 0.6 is 0 Å². The van der Waals surface area contributed by atoms with Crippen LogP contribution in [0, 0.1) is 0 Å². The molecule has 0 aliphatic carbocycles. The van der Waals surface area contributed by atoms with Crippen molar-refractivity contribution in [2.45, 2.75) is 72.0 Å². The van der Waals surface area contributed by atoms with Crippen LogP contribution < -0.4 is 21.3 Å². The Bertz CT molecular complexity index is 2030. The fourth-order valence-electron chi connectivity index (χ4n) is 13.8. The van der Waals surface area contributed by atoms with Crippen LogP contribution in [0.1, 0.15) is 59.1 Å². The van der Waals surface area contributed by atoms with Gasteiger partial charge in [0, 0.05) is 59.8 Å². The number of likely N-dealkylation sites (tertiary alicyclic amines) is 4. The molecule has 0 amide bonds. The Labute approximate surface area is 307 Å². The Morgan fingerprint density at radius 2 is 0.769 bits per heavy atom. The van der Waals surface area contributed by atoms with Gasteiger partial charge in [-0.15, -0.1) is 0 Å². The number of likely N-dealkylation sites (N-methyl/N-ethyl adjacent to an activating group) is 4. The van der Waals surface area contributed by atoms with Crippen LogP contribution in [0.2, 0.25) is 0 Å². The van der Waals surface area contributed by atoms with E-state index in [1.165, 1.54) is 56.1 Å². The van der Waals surface area contributed by atoms with Crippen LogP contribution in [0.15, 0.2) is 84.9 Å². The van der Waals surface area contributed by atoms with E-state index < -0.39 is 0 Å². The molecule has 0 radical (unpaired) electrons. The van der Waals surface area contributed by atoms with Crippen molar-refractivity contribution in [2.75, 3.05) is 75.6 Å². The quantitative estimate of drug-likeness (QED) is 0.211. The number of piperidine rings is 2. The number of hydrogen-bond acceptors (Lipinski definition) is 8. The van der Waals surface area contributed by atoms with Gasteiger partial charge in [0.15, 0.2) is 0 Å². The smallest absolute Gasteiger partial charge is 0.0933 e. The number of para-hydroxylation sites is 4. The zero-order valence-electron chi connectivity index (χ0n) is 30.8. The van der Waals surface area contributed by atoms with Gasteiger partial charge in [-0.3, -0.25) is 19.6 Å². The average molecular weight is 691 g/mol. The minimum Gasteiger partial charge on any atom is -0.368 e. The van der Waals surface area contributed by atoms with Crippen LogP contribution in [0.25, 0.3) is 0 Å². The van der Waals surface area contributed by atoms with E-state index in [-0.39, 0.29) is 46.3 Å². The number of hydrogen-bond donors (Lipinski definition) is 4. The molecule has 12 rings (SSSR count). The van der Waals surface area contributed by atoms with Crippen molar-refractivity contribution in [3.63, 3.8) is 0 Å². The molecule has 4 fully saturated rings. The Kier molecular flexibility index (Phi) is 5.79. The highest BCUT2D eigenvalue weighted by molar-refractivity contribution is 5.81. The number of nitrogens with zero attached hydrogens (tertiary/aromatic N) is 4. The van der Waals surface area contributed by atoms with Crippen molar-refractivity contribution < 1.29 is 0 Å². The summed E-state index contributed by atoms with van der Waals surface area (Å²) in [5, 5.41) is 16.9. The summed E-state index contributed by atoms with van der Waals surface area (Å²) in [6.45, 7) is 4.29. The Morgan fingerprint density at radius 3 is 1.23 bits per heavy atom. The summed E-state index contributed by atoms with van der Waals surface area (Å²) in [7, 11) is 9.37. The molecule has 52 heavy (non-hydrogen) atoms. The summed E-state index contributed by atoms with van der Waals surface area (Å²) >= 11 is 0. The number of benzene rings is 4. The largest absolute Gasteiger partial charge is 0.368 e. The molecule has 8 heterocycles. The first-order valence-electron chi connectivity index (χ1n) is 19.7. The summed E-state index contributed by atoms with van der Waals surface area (Å²) in [4.78, 5) is 10.4. The monoisotopic (exact) mass is 690 g/mol. The molecule has 4 N–H and O–H groups in total. The molecule has 8 aliphatic heterocycles. The number of nitrogens with one attached hydrogen (secondary N) is 4. The first kappa shape index (κ1) is 30.4. The molecule has 0 aromatic heterocycles. The SMILES string of the molecule is CN1CC[C@]2(c3cccc4c3N[C@@H]3N(C)CC[C@@]45[C@@H]4Nc6c([C@]78CCN(C)[C@H]7Nc7ccccc78)cccc6[C@]35CCN4C)c3ccccc3N[C@H]12. The van der Waals surface area contributed by atoms with E-state index in [2.05, 4.69) is 154 Å². The lowest BCUT2D eigenvalue weighted by Gasteiger charge is -2.72. The molecule has 0 saturated carbocycles. The normalized spacial score (nSPS) is 38.0. The van der Waals surface area contributed by atoms with Crippen LogP contribution in [0.5, 0.6) is 0 Å². The molecule has 8 nitrogen and oxygen atoms in total. The van der Waals surface area contributed by atoms with Gasteiger partial charge < -0.3 is 21.3 Å². The lowest BCUT2D eigenvalue weighted by Crippen LogP contribution is -2.80. The Morgan fingerprint density at radius 1 is 0.404 bits per heavy atom. The molecule has 8 aliphatic rings. The molecule has 4 aromatic rings. The molecule has 4 aromatic carbocycles. The van der Waals surface area contributed by atoms with E-state index in [1.54, 1.807) is 0 Å². The van der Waals surface area contributed by atoms with Crippen LogP contribution in [-0.4, -0.2) is 98.6 Å². The van der Waals surface area contributed by atoms with E-state index in [0.29, 0.717) is 0 Å². The zero-order valence-corrected chi connectivity index (χ0v) is 30.8. The molecule has 4 bridgehead atoms. The van der Waals surface area contributed by atoms with Crippen molar-refractivity contribution in [1.82, 2.24) is 19.6 Å². The lowest BCUT2D eigenvalue weighted by molar-refractivity contribution is -0.0694. The second kappa shape index (κ2) is 9.91. The number of anilines is 4. The summed E-state index contributed by atoms with van der Waals surface area (Å²) in [5.74, 6) is 0. The predicted molar refractivity (Wildman–Crippen MR) is 209 cm³/mol. The third kappa shape index (κ3) is 3.17. The highest BCUT2D eigenvalue weighted by Gasteiger charge is 2.72.